The van der Waals surface area contributed by atoms with E-state index in [2.05, 4.69) is 4.72 Å². The molecule has 0 aliphatic carbocycles. The molecule has 112 valence electrons. The van der Waals surface area contributed by atoms with Gasteiger partial charge in [-0.15, -0.1) is 11.3 Å². The Morgan fingerprint density at radius 3 is 2.52 bits per heavy atom. The first-order valence-electron chi connectivity index (χ1n) is 6.24. The third-order valence-electron chi connectivity index (χ3n) is 3.14. The van der Waals surface area contributed by atoms with Crippen LogP contribution in [0.2, 0.25) is 0 Å². The molecule has 0 atom stereocenters. The summed E-state index contributed by atoms with van der Waals surface area (Å²) >= 11 is 6.43. The Labute approximate surface area is 134 Å². The molecule has 2 aromatic rings. The molecule has 1 aromatic heterocycles. The lowest BCUT2D eigenvalue weighted by Gasteiger charge is -2.10. The van der Waals surface area contributed by atoms with Crippen LogP contribution in [0.25, 0.3) is 0 Å². The van der Waals surface area contributed by atoms with Crippen molar-refractivity contribution in [3.8, 4) is 0 Å². The van der Waals surface area contributed by atoms with Crippen molar-refractivity contribution >= 4 is 38.6 Å². The van der Waals surface area contributed by atoms with Crippen LogP contribution in [0.1, 0.15) is 21.6 Å². The molecule has 0 aliphatic heterocycles. The van der Waals surface area contributed by atoms with Crippen molar-refractivity contribution in [1.82, 2.24) is 4.72 Å². The van der Waals surface area contributed by atoms with Crippen LogP contribution >= 0.6 is 23.6 Å². The quantitative estimate of drug-likeness (QED) is 0.820. The van der Waals surface area contributed by atoms with Gasteiger partial charge in [0.1, 0.15) is 4.99 Å². The molecule has 0 fully saturated rings. The van der Waals surface area contributed by atoms with Gasteiger partial charge in [0.2, 0.25) is 10.0 Å². The van der Waals surface area contributed by atoms with E-state index in [9.17, 15) is 8.42 Å². The second kappa shape index (κ2) is 6.23. The molecule has 0 saturated carbocycles. The molecular formula is C14H16N2O2S3. The molecule has 0 bridgehead atoms. The van der Waals surface area contributed by atoms with Crippen LogP contribution in [-0.4, -0.2) is 13.4 Å². The van der Waals surface area contributed by atoms with Crippen LogP contribution in [-0.2, 0) is 16.6 Å². The lowest BCUT2D eigenvalue weighted by Crippen LogP contribution is -2.24. The highest BCUT2D eigenvalue weighted by atomic mass is 32.2. The number of hydrogen-bond acceptors (Lipinski definition) is 4. The lowest BCUT2D eigenvalue weighted by atomic mass is 10.1. The van der Waals surface area contributed by atoms with Crippen LogP contribution in [0.15, 0.2) is 34.5 Å². The van der Waals surface area contributed by atoms with E-state index in [0.717, 1.165) is 10.4 Å². The zero-order valence-electron chi connectivity index (χ0n) is 11.7. The Morgan fingerprint density at radius 2 is 2.00 bits per heavy atom. The normalized spacial score (nSPS) is 11.5. The maximum atomic E-state index is 12.4. The molecule has 1 heterocycles. The number of nitrogens with two attached hydrogens (primary N) is 1. The molecule has 3 N–H and O–H groups in total. The van der Waals surface area contributed by atoms with Crippen molar-refractivity contribution in [2.24, 2.45) is 5.73 Å². The number of thiocarbonyl (C=S) groups is 1. The van der Waals surface area contributed by atoms with E-state index in [1.807, 2.05) is 18.4 Å². The van der Waals surface area contributed by atoms with Crippen LogP contribution in [0.4, 0.5) is 0 Å². The highest BCUT2D eigenvalue weighted by molar-refractivity contribution is 7.89. The Bertz CT molecular complexity index is 779. The molecule has 0 spiro atoms. The predicted molar refractivity (Wildman–Crippen MR) is 90.1 cm³/mol. The first kappa shape index (κ1) is 16.1. The maximum Gasteiger partial charge on any atom is 0.241 e. The zero-order valence-corrected chi connectivity index (χ0v) is 14.2. The smallest absolute Gasteiger partial charge is 0.241 e. The minimum Gasteiger partial charge on any atom is -0.389 e. The summed E-state index contributed by atoms with van der Waals surface area (Å²) in [5.41, 5.74) is 7.92. The van der Waals surface area contributed by atoms with Gasteiger partial charge in [0.05, 0.1) is 4.90 Å². The molecule has 0 saturated heterocycles. The maximum absolute atomic E-state index is 12.4. The number of nitrogens with one attached hydrogen (secondary N) is 1. The largest absolute Gasteiger partial charge is 0.389 e. The van der Waals surface area contributed by atoms with Gasteiger partial charge in [0, 0.05) is 17.0 Å². The fraction of sp³-hybridized carbons (Fsp3) is 0.214. The van der Waals surface area contributed by atoms with Crippen molar-refractivity contribution < 1.29 is 8.42 Å². The highest BCUT2D eigenvalue weighted by Crippen LogP contribution is 2.19. The minimum absolute atomic E-state index is 0.247. The van der Waals surface area contributed by atoms with Gasteiger partial charge in [-0.1, -0.05) is 18.3 Å². The Morgan fingerprint density at radius 1 is 1.29 bits per heavy atom. The molecule has 7 heteroatoms. The van der Waals surface area contributed by atoms with E-state index in [1.165, 1.54) is 17.4 Å². The summed E-state index contributed by atoms with van der Waals surface area (Å²) in [6.07, 6.45) is 0. The molecule has 2 rings (SSSR count). The average molecular weight is 340 g/mol. The van der Waals surface area contributed by atoms with Gasteiger partial charge in [-0.25, -0.2) is 13.1 Å². The summed E-state index contributed by atoms with van der Waals surface area (Å²) in [6, 6.07) is 6.82. The third-order valence-corrected chi connectivity index (χ3v) is 5.96. The molecule has 4 nitrogen and oxygen atoms in total. The molecular weight excluding hydrogens is 324 g/mol. The lowest BCUT2D eigenvalue weighted by molar-refractivity contribution is 0.581. The van der Waals surface area contributed by atoms with E-state index in [4.69, 9.17) is 18.0 Å². The van der Waals surface area contributed by atoms with Crippen molar-refractivity contribution in [1.29, 1.82) is 0 Å². The van der Waals surface area contributed by atoms with Crippen LogP contribution in [0, 0.1) is 13.8 Å². The fourth-order valence-corrected chi connectivity index (χ4v) is 4.21. The van der Waals surface area contributed by atoms with E-state index < -0.39 is 10.0 Å². The summed E-state index contributed by atoms with van der Waals surface area (Å²) in [7, 11) is -3.55. The number of hydrogen-bond donors (Lipinski definition) is 2. The summed E-state index contributed by atoms with van der Waals surface area (Å²) in [4.78, 5) is 1.51. The van der Waals surface area contributed by atoms with Crippen LogP contribution in [0.5, 0.6) is 0 Å². The molecule has 0 aliphatic rings. The van der Waals surface area contributed by atoms with Gasteiger partial charge in [-0.3, -0.25) is 0 Å². The van der Waals surface area contributed by atoms with Gasteiger partial charge < -0.3 is 5.73 Å². The van der Waals surface area contributed by atoms with Gasteiger partial charge in [-0.05, 0) is 48.6 Å². The van der Waals surface area contributed by atoms with E-state index in [0.29, 0.717) is 17.7 Å². The van der Waals surface area contributed by atoms with Gasteiger partial charge in [0.15, 0.2) is 0 Å². The summed E-state index contributed by atoms with van der Waals surface area (Å²) in [6.45, 7) is 3.98. The standard InChI is InChI=1S/C14H16N2O2S3/c1-9-5-6-20-12(9)8-16-21(17,18)13-4-3-11(14(15)19)7-10(13)2/h3-7,16H,8H2,1-2H3,(H2,15,19). The average Bonchev–Trinajstić information content (AvgIpc) is 2.81. The molecule has 21 heavy (non-hydrogen) atoms. The zero-order chi connectivity index (χ0) is 15.6. The number of aryl methyl sites for hydroxylation is 2. The number of benzene rings is 1. The number of sulfonamides is 1. The monoisotopic (exact) mass is 340 g/mol. The Kier molecular flexibility index (Phi) is 4.77. The van der Waals surface area contributed by atoms with Crippen LogP contribution in [0.3, 0.4) is 0 Å². The third kappa shape index (κ3) is 3.68. The molecule has 0 amide bonds. The number of thiophene rings is 1. The van der Waals surface area contributed by atoms with Crippen molar-refractivity contribution in [3.63, 3.8) is 0 Å². The topological polar surface area (TPSA) is 72.2 Å². The predicted octanol–water partition coefficient (Wildman–Crippen LogP) is 2.48. The number of rotatable bonds is 5. The van der Waals surface area contributed by atoms with E-state index in [-0.39, 0.29) is 9.88 Å². The van der Waals surface area contributed by atoms with Gasteiger partial charge in [0.25, 0.3) is 0 Å². The minimum atomic E-state index is -3.55. The molecule has 1 aromatic carbocycles. The first-order chi connectivity index (χ1) is 9.81. The van der Waals surface area contributed by atoms with Crippen molar-refractivity contribution in [2.75, 3.05) is 0 Å². The Hall–Kier alpha value is -1.28. The Balaban J connectivity index is 2.23. The summed E-state index contributed by atoms with van der Waals surface area (Å²) in [5.74, 6) is 0. The fourth-order valence-electron chi connectivity index (χ4n) is 1.93. The first-order valence-corrected chi connectivity index (χ1v) is 9.01. The molecule has 0 radical (unpaired) electrons. The van der Waals surface area contributed by atoms with E-state index >= 15 is 0 Å². The van der Waals surface area contributed by atoms with Crippen LogP contribution < -0.4 is 10.5 Å². The summed E-state index contributed by atoms with van der Waals surface area (Å²) in [5, 5.41) is 1.95. The van der Waals surface area contributed by atoms with Crippen molar-refractivity contribution in [3.05, 3.63) is 51.2 Å². The van der Waals surface area contributed by atoms with Gasteiger partial charge >= 0.3 is 0 Å². The van der Waals surface area contributed by atoms with Gasteiger partial charge in [-0.2, -0.15) is 0 Å². The second-order valence-electron chi connectivity index (χ2n) is 4.70. The second-order valence-corrected chi connectivity index (χ2v) is 7.87. The summed E-state index contributed by atoms with van der Waals surface area (Å²) < 4.78 is 27.4. The van der Waals surface area contributed by atoms with E-state index in [1.54, 1.807) is 19.1 Å². The van der Waals surface area contributed by atoms with Crippen molar-refractivity contribution in [2.45, 2.75) is 25.3 Å². The highest BCUT2D eigenvalue weighted by Gasteiger charge is 2.17. The molecule has 0 unspecified atom stereocenters. The SMILES string of the molecule is Cc1cc(C(N)=S)ccc1S(=O)(=O)NCc1sccc1C.